The Kier molecular flexibility index (Phi) is 6.41. The molecule has 1 saturated heterocycles. The van der Waals surface area contributed by atoms with Gasteiger partial charge in [-0.2, -0.15) is 5.10 Å². The molecule has 1 fully saturated rings. The monoisotopic (exact) mass is 401 g/mol. The number of hydrogen-bond donors (Lipinski definition) is 0. The second kappa shape index (κ2) is 8.98. The van der Waals surface area contributed by atoms with Gasteiger partial charge < -0.3 is 19.1 Å². The summed E-state index contributed by atoms with van der Waals surface area (Å²) in [7, 11) is 4.91. The molecule has 1 atom stereocenters. The van der Waals surface area contributed by atoms with Gasteiger partial charge in [0.25, 0.3) is 5.91 Å². The Labute approximate surface area is 170 Å². The maximum absolute atomic E-state index is 13.1. The minimum absolute atomic E-state index is 0.146. The summed E-state index contributed by atoms with van der Waals surface area (Å²) in [5.41, 5.74) is 1.86. The van der Waals surface area contributed by atoms with Crippen molar-refractivity contribution in [2.45, 2.75) is 19.8 Å². The Bertz CT molecular complexity index is 892. The number of aromatic nitrogens is 2. The van der Waals surface area contributed by atoms with Crippen molar-refractivity contribution in [2.24, 2.45) is 13.0 Å². The fraction of sp³-hybridized carbons (Fsp3) is 0.476. The number of likely N-dealkylation sites (tertiary alicyclic amines) is 1. The molecule has 29 heavy (non-hydrogen) atoms. The van der Waals surface area contributed by atoms with Crippen LogP contribution < -0.4 is 9.47 Å². The molecule has 0 bridgehead atoms. The molecule has 0 spiro atoms. The van der Waals surface area contributed by atoms with Crippen molar-refractivity contribution in [3.8, 4) is 22.8 Å². The topological polar surface area (TPSA) is 82.9 Å². The Hall–Kier alpha value is -3.03. The van der Waals surface area contributed by atoms with E-state index in [1.54, 1.807) is 49.9 Å². The lowest BCUT2D eigenvalue weighted by molar-refractivity contribution is -0.149. The predicted octanol–water partition coefficient (Wildman–Crippen LogP) is 2.52. The predicted molar refractivity (Wildman–Crippen MR) is 107 cm³/mol. The van der Waals surface area contributed by atoms with Crippen LogP contribution in [0.1, 0.15) is 30.3 Å². The van der Waals surface area contributed by atoms with Crippen LogP contribution in [0.25, 0.3) is 11.3 Å². The van der Waals surface area contributed by atoms with E-state index in [4.69, 9.17) is 14.2 Å². The molecule has 2 heterocycles. The lowest BCUT2D eigenvalue weighted by atomic mass is 9.98. The zero-order valence-electron chi connectivity index (χ0n) is 17.3. The van der Waals surface area contributed by atoms with E-state index in [-0.39, 0.29) is 17.8 Å². The largest absolute Gasteiger partial charge is 0.497 e. The molecule has 0 saturated carbocycles. The summed E-state index contributed by atoms with van der Waals surface area (Å²) < 4.78 is 17.4. The van der Waals surface area contributed by atoms with Crippen LogP contribution in [0.3, 0.4) is 0 Å². The summed E-state index contributed by atoms with van der Waals surface area (Å²) in [5, 5.41) is 4.50. The molecule has 1 aromatic heterocycles. The Balaban J connectivity index is 1.83. The molecule has 1 aromatic carbocycles. The Morgan fingerprint density at radius 1 is 1.21 bits per heavy atom. The van der Waals surface area contributed by atoms with E-state index in [1.807, 2.05) is 12.1 Å². The number of carbonyl (C=O) groups excluding carboxylic acids is 2. The Morgan fingerprint density at radius 3 is 2.69 bits per heavy atom. The van der Waals surface area contributed by atoms with Gasteiger partial charge in [0.2, 0.25) is 0 Å². The third-order valence-electron chi connectivity index (χ3n) is 5.11. The van der Waals surface area contributed by atoms with Crippen LogP contribution >= 0.6 is 0 Å². The average Bonchev–Trinajstić information content (AvgIpc) is 3.14. The van der Waals surface area contributed by atoms with Gasteiger partial charge in [-0.05, 0) is 38.0 Å². The number of piperidine rings is 1. The minimum Gasteiger partial charge on any atom is -0.497 e. The van der Waals surface area contributed by atoms with Gasteiger partial charge in [-0.3, -0.25) is 14.3 Å². The maximum atomic E-state index is 13.1. The highest BCUT2D eigenvalue weighted by Gasteiger charge is 2.31. The molecule has 1 amide bonds. The van der Waals surface area contributed by atoms with E-state index in [2.05, 4.69) is 5.10 Å². The van der Waals surface area contributed by atoms with Crippen molar-refractivity contribution < 1.29 is 23.8 Å². The van der Waals surface area contributed by atoms with Crippen molar-refractivity contribution in [3.05, 3.63) is 30.0 Å². The molecule has 2 aromatic rings. The molecule has 0 radical (unpaired) electrons. The number of ether oxygens (including phenoxy) is 3. The van der Waals surface area contributed by atoms with Crippen molar-refractivity contribution in [1.82, 2.24) is 14.7 Å². The summed E-state index contributed by atoms with van der Waals surface area (Å²) in [6, 6.07) is 7.20. The number of nitrogens with zero attached hydrogens (tertiary/aromatic N) is 3. The average molecular weight is 401 g/mol. The number of rotatable bonds is 6. The standard InChI is InChI=1S/C21H27N3O5/c1-5-29-21(26)14-7-6-10-24(13-14)20(25)18-12-17(22-23(18)2)16-9-8-15(27-3)11-19(16)28-4/h8-9,11-12,14H,5-7,10,13H2,1-4H3. The quantitative estimate of drug-likeness (QED) is 0.692. The lowest BCUT2D eigenvalue weighted by Crippen LogP contribution is -2.43. The lowest BCUT2D eigenvalue weighted by Gasteiger charge is -2.31. The smallest absolute Gasteiger partial charge is 0.310 e. The van der Waals surface area contributed by atoms with E-state index in [0.29, 0.717) is 42.6 Å². The highest BCUT2D eigenvalue weighted by Crippen LogP contribution is 2.33. The first-order valence-electron chi connectivity index (χ1n) is 9.70. The first-order chi connectivity index (χ1) is 14.0. The molecular weight excluding hydrogens is 374 g/mol. The van der Waals surface area contributed by atoms with Gasteiger partial charge in [0.15, 0.2) is 0 Å². The number of aryl methyl sites for hydroxylation is 1. The number of benzene rings is 1. The molecule has 8 heteroatoms. The van der Waals surface area contributed by atoms with Crippen LogP contribution in [-0.2, 0) is 16.6 Å². The Morgan fingerprint density at radius 2 is 2.00 bits per heavy atom. The summed E-state index contributed by atoms with van der Waals surface area (Å²) >= 11 is 0. The first kappa shape index (κ1) is 20.7. The number of esters is 1. The van der Waals surface area contributed by atoms with Crippen LogP contribution in [0.5, 0.6) is 11.5 Å². The van der Waals surface area contributed by atoms with Crippen molar-refractivity contribution in [2.75, 3.05) is 33.9 Å². The molecule has 1 unspecified atom stereocenters. The number of carbonyl (C=O) groups is 2. The van der Waals surface area contributed by atoms with E-state index in [9.17, 15) is 9.59 Å². The van der Waals surface area contributed by atoms with Gasteiger partial charge in [-0.1, -0.05) is 0 Å². The molecule has 0 N–H and O–H groups in total. The van der Waals surface area contributed by atoms with Gasteiger partial charge in [-0.25, -0.2) is 0 Å². The van der Waals surface area contributed by atoms with Gasteiger partial charge in [0, 0.05) is 31.8 Å². The summed E-state index contributed by atoms with van der Waals surface area (Å²) in [5.74, 6) is 0.631. The van der Waals surface area contributed by atoms with E-state index in [0.717, 1.165) is 18.4 Å². The van der Waals surface area contributed by atoms with E-state index in [1.165, 1.54) is 0 Å². The van der Waals surface area contributed by atoms with Crippen molar-refractivity contribution in [1.29, 1.82) is 0 Å². The van der Waals surface area contributed by atoms with E-state index >= 15 is 0 Å². The number of amides is 1. The normalized spacial score (nSPS) is 16.4. The van der Waals surface area contributed by atoms with Crippen LogP contribution in [0.2, 0.25) is 0 Å². The first-order valence-corrected chi connectivity index (χ1v) is 9.70. The molecular formula is C21H27N3O5. The zero-order valence-corrected chi connectivity index (χ0v) is 17.3. The van der Waals surface area contributed by atoms with E-state index < -0.39 is 0 Å². The molecule has 0 aliphatic carbocycles. The molecule has 3 rings (SSSR count). The van der Waals surface area contributed by atoms with Gasteiger partial charge in [0.1, 0.15) is 17.2 Å². The summed E-state index contributed by atoms with van der Waals surface area (Å²) in [6.45, 7) is 3.11. The van der Waals surface area contributed by atoms with Gasteiger partial charge >= 0.3 is 5.97 Å². The van der Waals surface area contributed by atoms with Crippen molar-refractivity contribution in [3.63, 3.8) is 0 Å². The van der Waals surface area contributed by atoms with Crippen LogP contribution in [-0.4, -0.2) is 60.5 Å². The molecule has 8 nitrogen and oxygen atoms in total. The number of hydrogen-bond acceptors (Lipinski definition) is 6. The highest BCUT2D eigenvalue weighted by molar-refractivity contribution is 5.94. The van der Waals surface area contributed by atoms with Crippen molar-refractivity contribution >= 4 is 11.9 Å². The SMILES string of the molecule is CCOC(=O)C1CCCN(C(=O)c2cc(-c3ccc(OC)cc3OC)nn2C)C1. The summed E-state index contributed by atoms with van der Waals surface area (Å²) in [6.07, 6.45) is 1.51. The van der Waals surface area contributed by atoms with Gasteiger partial charge in [-0.15, -0.1) is 0 Å². The highest BCUT2D eigenvalue weighted by atomic mass is 16.5. The summed E-state index contributed by atoms with van der Waals surface area (Å²) in [4.78, 5) is 26.9. The molecule has 1 aliphatic heterocycles. The van der Waals surface area contributed by atoms with Crippen LogP contribution in [0.4, 0.5) is 0 Å². The third kappa shape index (κ3) is 4.36. The third-order valence-corrected chi connectivity index (χ3v) is 5.11. The fourth-order valence-corrected chi connectivity index (χ4v) is 3.59. The fourth-order valence-electron chi connectivity index (χ4n) is 3.59. The molecule has 1 aliphatic rings. The second-order valence-electron chi connectivity index (χ2n) is 6.95. The zero-order chi connectivity index (χ0) is 21.0. The minimum atomic E-state index is -0.276. The van der Waals surface area contributed by atoms with Gasteiger partial charge in [0.05, 0.1) is 32.4 Å². The number of methoxy groups -OCH3 is 2. The molecule has 156 valence electrons. The van der Waals surface area contributed by atoms with Crippen LogP contribution in [0.15, 0.2) is 24.3 Å². The second-order valence-corrected chi connectivity index (χ2v) is 6.95. The maximum Gasteiger partial charge on any atom is 0.310 e. The van der Waals surface area contributed by atoms with Crippen LogP contribution in [0, 0.1) is 5.92 Å².